The number of ether oxygens (including phenoxy) is 1. The SMILES string of the molecule is CN=C(NCc1csc(N(C)C)n1)NC1C2CCOC2C12CCCC2. The molecule has 1 aromatic heterocycles. The van der Waals surface area contributed by atoms with Crippen molar-refractivity contribution < 1.29 is 4.74 Å². The van der Waals surface area contributed by atoms with E-state index in [9.17, 15) is 0 Å². The molecular formula is C18H29N5OS. The quantitative estimate of drug-likeness (QED) is 0.634. The average molecular weight is 364 g/mol. The maximum Gasteiger partial charge on any atom is 0.191 e. The number of thiazole rings is 1. The van der Waals surface area contributed by atoms with Gasteiger partial charge in [0.1, 0.15) is 0 Å². The van der Waals surface area contributed by atoms with Crippen LogP contribution in [0.4, 0.5) is 5.13 Å². The molecule has 3 aliphatic rings. The van der Waals surface area contributed by atoms with Gasteiger partial charge >= 0.3 is 0 Å². The molecule has 0 aromatic carbocycles. The zero-order chi connectivity index (χ0) is 17.4. The van der Waals surface area contributed by atoms with Gasteiger partial charge in [-0.2, -0.15) is 0 Å². The van der Waals surface area contributed by atoms with Crippen LogP contribution in [-0.4, -0.2) is 50.8 Å². The number of hydrogen-bond donors (Lipinski definition) is 2. The number of aliphatic imine (C=N–C) groups is 1. The van der Waals surface area contributed by atoms with Crippen LogP contribution < -0.4 is 15.5 Å². The Bertz CT molecular complexity index is 637. The third kappa shape index (κ3) is 2.91. The van der Waals surface area contributed by atoms with Crippen molar-refractivity contribution in [2.45, 2.75) is 50.8 Å². The predicted molar refractivity (Wildman–Crippen MR) is 102 cm³/mol. The Balaban J connectivity index is 1.38. The first kappa shape index (κ1) is 17.1. The van der Waals surface area contributed by atoms with Crippen molar-refractivity contribution in [3.63, 3.8) is 0 Å². The van der Waals surface area contributed by atoms with E-state index in [2.05, 4.69) is 26.0 Å². The van der Waals surface area contributed by atoms with Gasteiger partial charge in [0, 0.05) is 50.5 Å². The van der Waals surface area contributed by atoms with E-state index < -0.39 is 0 Å². The summed E-state index contributed by atoms with van der Waals surface area (Å²) in [6.07, 6.45) is 6.92. The van der Waals surface area contributed by atoms with Crippen LogP contribution in [0.15, 0.2) is 10.4 Å². The monoisotopic (exact) mass is 363 g/mol. The van der Waals surface area contributed by atoms with Crippen molar-refractivity contribution in [1.29, 1.82) is 0 Å². The Kier molecular flexibility index (Phi) is 4.62. The maximum atomic E-state index is 6.08. The Labute approximate surface area is 154 Å². The molecular weight excluding hydrogens is 334 g/mol. The highest BCUT2D eigenvalue weighted by Gasteiger charge is 2.65. The van der Waals surface area contributed by atoms with Gasteiger partial charge in [-0.25, -0.2) is 4.98 Å². The van der Waals surface area contributed by atoms with Crippen LogP contribution in [0.5, 0.6) is 0 Å². The van der Waals surface area contributed by atoms with Crippen molar-refractivity contribution in [2.75, 3.05) is 32.6 Å². The molecule has 3 fully saturated rings. The summed E-state index contributed by atoms with van der Waals surface area (Å²) in [5.74, 6) is 1.54. The highest BCUT2D eigenvalue weighted by molar-refractivity contribution is 7.13. The highest BCUT2D eigenvalue weighted by atomic mass is 32.1. The molecule has 2 aliphatic carbocycles. The van der Waals surface area contributed by atoms with Gasteiger partial charge in [0.05, 0.1) is 18.3 Å². The normalized spacial score (nSPS) is 30.2. The molecule has 1 aromatic rings. The largest absolute Gasteiger partial charge is 0.377 e. The third-order valence-corrected chi connectivity index (χ3v) is 7.22. The van der Waals surface area contributed by atoms with Gasteiger partial charge in [-0.1, -0.05) is 12.8 Å². The standard InChI is InChI=1S/C18H29N5OS/c1-19-16(20-10-12-11-25-17(21-12)23(2)3)22-14-13-6-9-24-15(13)18(14)7-4-5-8-18/h11,13-15H,4-10H2,1-3H3,(H2,19,20,22). The smallest absolute Gasteiger partial charge is 0.191 e. The van der Waals surface area contributed by atoms with Crippen molar-refractivity contribution in [1.82, 2.24) is 15.6 Å². The number of anilines is 1. The topological polar surface area (TPSA) is 61.8 Å². The second kappa shape index (κ2) is 6.76. The van der Waals surface area contributed by atoms with Crippen molar-refractivity contribution in [2.24, 2.45) is 16.3 Å². The molecule has 7 heteroatoms. The highest BCUT2D eigenvalue weighted by Crippen LogP contribution is 2.60. The number of hydrogen-bond acceptors (Lipinski definition) is 5. The van der Waals surface area contributed by atoms with Crippen LogP contribution in [0, 0.1) is 11.3 Å². The van der Waals surface area contributed by atoms with E-state index in [0.29, 0.717) is 30.0 Å². The summed E-state index contributed by atoms with van der Waals surface area (Å²) in [6.45, 7) is 1.63. The van der Waals surface area contributed by atoms with Gasteiger partial charge in [-0.3, -0.25) is 4.99 Å². The second-order valence-corrected chi connectivity index (χ2v) is 8.58. The maximum absolute atomic E-state index is 6.08. The zero-order valence-corrected chi connectivity index (χ0v) is 16.2. The van der Waals surface area contributed by atoms with Gasteiger partial charge in [-0.15, -0.1) is 11.3 Å². The lowest BCUT2D eigenvalue weighted by molar-refractivity contribution is -0.125. The van der Waals surface area contributed by atoms with Gasteiger partial charge in [-0.05, 0) is 19.3 Å². The molecule has 1 saturated heterocycles. The second-order valence-electron chi connectivity index (χ2n) is 7.75. The third-order valence-electron chi connectivity index (χ3n) is 6.16. The molecule has 25 heavy (non-hydrogen) atoms. The van der Waals surface area contributed by atoms with Crippen LogP contribution in [0.1, 0.15) is 37.8 Å². The van der Waals surface area contributed by atoms with Crippen LogP contribution >= 0.6 is 11.3 Å². The lowest BCUT2D eigenvalue weighted by Gasteiger charge is -2.57. The molecule has 2 saturated carbocycles. The summed E-state index contributed by atoms with van der Waals surface area (Å²) in [5.41, 5.74) is 1.40. The molecule has 0 radical (unpaired) electrons. The Morgan fingerprint density at radius 2 is 2.24 bits per heavy atom. The van der Waals surface area contributed by atoms with E-state index in [1.807, 2.05) is 26.0 Å². The van der Waals surface area contributed by atoms with Crippen LogP contribution in [0.2, 0.25) is 0 Å². The zero-order valence-electron chi connectivity index (χ0n) is 15.4. The number of fused-ring (bicyclic) bond motifs is 2. The lowest BCUT2D eigenvalue weighted by Crippen LogP contribution is -2.69. The predicted octanol–water partition coefficient (Wildman–Crippen LogP) is 2.22. The van der Waals surface area contributed by atoms with E-state index >= 15 is 0 Å². The molecule has 2 N–H and O–H groups in total. The van der Waals surface area contributed by atoms with E-state index in [4.69, 9.17) is 4.74 Å². The summed E-state index contributed by atoms with van der Waals surface area (Å²) in [5, 5.41) is 10.3. The molecule has 4 rings (SSSR count). The number of aromatic nitrogens is 1. The molecule has 0 amide bonds. The van der Waals surface area contributed by atoms with E-state index in [1.165, 1.54) is 32.1 Å². The van der Waals surface area contributed by atoms with E-state index in [0.717, 1.165) is 23.4 Å². The fraction of sp³-hybridized carbons (Fsp3) is 0.778. The number of nitrogens with one attached hydrogen (secondary N) is 2. The van der Waals surface area contributed by atoms with Crippen molar-refractivity contribution >= 4 is 22.4 Å². The Hall–Kier alpha value is -1.34. The molecule has 3 atom stereocenters. The number of guanidine groups is 1. The molecule has 6 nitrogen and oxygen atoms in total. The first-order valence-electron chi connectivity index (χ1n) is 9.34. The van der Waals surface area contributed by atoms with Gasteiger partial charge in [0.15, 0.2) is 11.1 Å². The molecule has 2 heterocycles. The van der Waals surface area contributed by atoms with Gasteiger partial charge in [0.2, 0.25) is 0 Å². The lowest BCUT2D eigenvalue weighted by atomic mass is 9.54. The van der Waals surface area contributed by atoms with E-state index in [1.54, 1.807) is 11.3 Å². The molecule has 1 aliphatic heterocycles. The Morgan fingerprint density at radius 3 is 2.92 bits per heavy atom. The molecule has 3 unspecified atom stereocenters. The van der Waals surface area contributed by atoms with Crippen LogP contribution in [-0.2, 0) is 11.3 Å². The van der Waals surface area contributed by atoms with Gasteiger partial charge < -0.3 is 20.3 Å². The minimum Gasteiger partial charge on any atom is -0.377 e. The van der Waals surface area contributed by atoms with Crippen LogP contribution in [0.25, 0.3) is 0 Å². The van der Waals surface area contributed by atoms with Crippen molar-refractivity contribution in [3.05, 3.63) is 11.1 Å². The summed E-state index contributed by atoms with van der Waals surface area (Å²) in [7, 11) is 5.90. The van der Waals surface area contributed by atoms with Gasteiger partial charge in [0.25, 0.3) is 0 Å². The summed E-state index contributed by atoms with van der Waals surface area (Å²) in [4.78, 5) is 11.1. The van der Waals surface area contributed by atoms with Crippen LogP contribution in [0.3, 0.4) is 0 Å². The summed E-state index contributed by atoms with van der Waals surface area (Å²) < 4.78 is 6.08. The Morgan fingerprint density at radius 1 is 1.44 bits per heavy atom. The molecule has 0 bridgehead atoms. The van der Waals surface area contributed by atoms with E-state index in [-0.39, 0.29) is 0 Å². The minimum atomic E-state index is 0.345. The summed E-state index contributed by atoms with van der Waals surface area (Å²) in [6, 6.07) is 0.501. The molecule has 1 spiro atoms. The number of nitrogens with zero attached hydrogens (tertiary/aromatic N) is 3. The summed E-state index contributed by atoms with van der Waals surface area (Å²) >= 11 is 1.67. The fourth-order valence-corrected chi connectivity index (χ4v) is 5.76. The fourth-order valence-electron chi connectivity index (χ4n) is 5.00. The first-order valence-corrected chi connectivity index (χ1v) is 10.2. The minimum absolute atomic E-state index is 0.345. The molecule has 138 valence electrons. The number of rotatable bonds is 4. The first-order chi connectivity index (χ1) is 12.1. The average Bonchev–Trinajstić information content (AvgIpc) is 3.34. The van der Waals surface area contributed by atoms with Crippen molar-refractivity contribution in [3.8, 4) is 0 Å².